The van der Waals surface area contributed by atoms with Crippen LogP contribution >= 0.6 is 0 Å². The number of Topliss-reactive ketones (excluding diaryl/α,β-unsaturated/α-hetero) is 1. The van der Waals surface area contributed by atoms with Crippen molar-refractivity contribution in [2.75, 3.05) is 0 Å². The molecule has 0 saturated heterocycles. The molecule has 0 spiro atoms. The highest BCUT2D eigenvalue weighted by molar-refractivity contribution is 6.07. The fraction of sp³-hybridized carbons (Fsp3) is 0.818. The lowest BCUT2D eigenvalue weighted by Crippen LogP contribution is -2.58. The first-order chi connectivity index (χ1) is 6.84. The molecule has 0 aliphatic rings. The third-order valence-electron chi connectivity index (χ3n) is 2.32. The molecule has 0 bridgehead atoms. The van der Waals surface area contributed by atoms with Crippen molar-refractivity contribution in [3.05, 3.63) is 0 Å². The highest BCUT2D eigenvalue weighted by Gasteiger charge is 2.40. The first-order valence-electron chi connectivity index (χ1n) is 5.39. The smallest absolute Gasteiger partial charge is 0.331 e. The minimum absolute atomic E-state index is 0.0309. The topological polar surface area (TPSA) is 66.4 Å². The SMILES string of the molecule is CCCCC(=O)C(C)(NC(C)C)C(=O)O. The summed E-state index contributed by atoms with van der Waals surface area (Å²) >= 11 is 0. The molecule has 0 aromatic rings. The predicted octanol–water partition coefficient (Wildman–Crippen LogP) is 1.59. The van der Waals surface area contributed by atoms with Crippen molar-refractivity contribution >= 4 is 11.8 Å². The summed E-state index contributed by atoms with van der Waals surface area (Å²) in [6.07, 6.45) is 1.95. The molecule has 0 aromatic carbocycles. The molecule has 15 heavy (non-hydrogen) atoms. The molecule has 1 unspecified atom stereocenters. The lowest BCUT2D eigenvalue weighted by molar-refractivity contribution is -0.149. The maximum atomic E-state index is 11.8. The largest absolute Gasteiger partial charge is 0.480 e. The average molecular weight is 215 g/mol. The highest BCUT2D eigenvalue weighted by atomic mass is 16.4. The number of rotatable bonds is 7. The van der Waals surface area contributed by atoms with E-state index in [0.29, 0.717) is 6.42 Å². The van der Waals surface area contributed by atoms with E-state index in [1.807, 2.05) is 20.8 Å². The predicted molar refractivity (Wildman–Crippen MR) is 58.8 cm³/mol. The Kier molecular flexibility index (Phi) is 5.50. The van der Waals surface area contributed by atoms with Crippen LogP contribution in [0.4, 0.5) is 0 Å². The summed E-state index contributed by atoms with van der Waals surface area (Å²) in [5.41, 5.74) is -1.44. The Bertz CT molecular complexity index is 238. The fourth-order valence-corrected chi connectivity index (χ4v) is 1.43. The highest BCUT2D eigenvalue weighted by Crippen LogP contribution is 2.12. The Balaban J connectivity index is 4.63. The molecule has 0 saturated carbocycles. The lowest BCUT2D eigenvalue weighted by atomic mass is 9.92. The van der Waals surface area contributed by atoms with Gasteiger partial charge in [0.05, 0.1) is 0 Å². The summed E-state index contributed by atoms with van der Waals surface area (Å²) in [7, 11) is 0. The van der Waals surface area contributed by atoms with Gasteiger partial charge < -0.3 is 5.11 Å². The summed E-state index contributed by atoms with van der Waals surface area (Å²) in [5.74, 6) is -1.34. The lowest BCUT2D eigenvalue weighted by Gasteiger charge is -2.27. The molecule has 4 nitrogen and oxygen atoms in total. The number of unbranched alkanes of at least 4 members (excludes halogenated alkanes) is 1. The number of hydrogen-bond acceptors (Lipinski definition) is 3. The monoisotopic (exact) mass is 215 g/mol. The molecule has 1 atom stereocenters. The van der Waals surface area contributed by atoms with Crippen LogP contribution in [0.3, 0.4) is 0 Å². The molecule has 0 fully saturated rings. The van der Waals surface area contributed by atoms with Crippen LogP contribution in [-0.2, 0) is 9.59 Å². The van der Waals surface area contributed by atoms with Gasteiger partial charge in [0.25, 0.3) is 0 Å². The van der Waals surface area contributed by atoms with E-state index in [0.717, 1.165) is 12.8 Å². The minimum atomic E-state index is -1.44. The van der Waals surface area contributed by atoms with Gasteiger partial charge in [0.15, 0.2) is 11.3 Å². The van der Waals surface area contributed by atoms with Crippen molar-refractivity contribution in [3.63, 3.8) is 0 Å². The van der Waals surface area contributed by atoms with Gasteiger partial charge in [-0.3, -0.25) is 10.1 Å². The molecule has 0 amide bonds. The van der Waals surface area contributed by atoms with E-state index in [2.05, 4.69) is 5.32 Å². The number of aliphatic carboxylic acids is 1. The van der Waals surface area contributed by atoms with E-state index in [-0.39, 0.29) is 11.8 Å². The average Bonchev–Trinajstić information content (AvgIpc) is 2.12. The fourth-order valence-electron chi connectivity index (χ4n) is 1.43. The molecule has 0 aliphatic carbocycles. The van der Waals surface area contributed by atoms with Gasteiger partial charge in [-0.15, -0.1) is 0 Å². The van der Waals surface area contributed by atoms with Crippen LogP contribution in [0.25, 0.3) is 0 Å². The van der Waals surface area contributed by atoms with Crippen LogP contribution in [0.1, 0.15) is 47.0 Å². The van der Waals surface area contributed by atoms with Gasteiger partial charge in [0.2, 0.25) is 0 Å². The summed E-state index contributed by atoms with van der Waals surface area (Å²) in [5, 5.41) is 11.9. The summed E-state index contributed by atoms with van der Waals surface area (Å²) in [6.45, 7) is 7.07. The second-order valence-electron chi connectivity index (χ2n) is 4.26. The first kappa shape index (κ1) is 14.1. The van der Waals surface area contributed by atoms with Crippen molar-refractivity contribution in [2.24, 2.45) is 0 Å². The molecule has 0 heterocycles. The van der Waals surface area contributed by atoms with E-state index < -0.39 is 11.5 Å². The maximum Gasteiger partial charge on any atom is 0.331 e. The van der Waals surface area contributed by atoms with Crippen LogP contribution in [0.2, 0.25) is 0 Å². The molecular weight excluding hydrogens is 194 g/mol. The Morgan fingerprint density at radius 3 is 2.27 bits per heavy atom. The van der Waals surface area contributed by atoms with Crippen LogP contribution in [-0.4, -0.2) is 28.4 Å². The first-order valence-corrected chi connectivity index (χ1v) is 5.39. The second-order valence-corrected chi connectivity index (χ2v) is 4.26. The Morgan fingerprint density at radius 1 is 1.40 bits per heavy atom. The molecule has 0 aromatic heterocycles. The zero-order valence-corrected chi connectivity index (χ0v) is 9.96. The molecule has 0 rings (SSSR count). The molecule has 2 N–H and O–H groups in total. The zero-order valence-electron chi connectivity index (χ0n) is 9.96. The molecule has 4 heteroatoms. The van der Waals surface area contributed by atoms with E-state index in [1.165, 1.54) is 6.92 Å². The van der Waals surface area contributed by atoms with Crippen LogP contribution in [0, 0.1) is 0 Å². The van der Waals surface area contributed by atoms with E-state index >= 15 is 0 Å². The summed E-state index contributed by atoms with van der Waals surface area (Å²) in [4.78, 5) is 22.8. The van der Waals surface area contributed by atoms with E-state index in [4.69, 9.17) is 5.11 Å². The van der Waals surface area contributed by atoms with Crippen LogP contribution < -0.4 is 5.32 Å². The standard InChI is InChI=1S/C11H21NO3/c1-5-6-7-9(13)11(4,10(14)15)12-8(2)3/h8,12H,5-7H2,1-4H3,(H,14,15). The third-order valence-corrected chi connectivity index (χ3v) is 2.32. The molecule has 88 valence electrons. The van der Waals surface area contributed by atoms with Crippen molar-refractivity contribution in [2.45, 2.75) is 58.5 Å². The van der Waals surface area contributed by atoms with Crippen molar-refractivity contribution in [1.29, 1.82) is 0 Å². The van der Waals surface area contributed by atoms with Crippen molar-refractivity contribution in [3.8, 4) is 0 Å². The van der Waals surface area contributed by atoms with E-state index in [1.54, 1.807) is 0 Å². The summed E-state index contributed by atoms with van der Waals surface area (Å²) in [6, 6.07) is -0.0309. The number of carbonyl (C=O) groups excluding carboxylic acids is 1. The number of carbonyl (C=O) groups is 2. The normalized spacial score (nSPS) is 15.0. The van der Waals surface area contributed by atoms with Gasteiger partial charge in [-0.2, -0.15) is 0 Å². The van der Waals surface area contributed by atoms with Gasteiger partial charge >= 0.3 is 5.97 Å². The van der Waals surface area contributed by atoms with Crippen molar-refractivity contribution in [1.82, 2.24) is 5.32 Å². The number of nitrogens with one attached hydrogen (secondary N) is 1. The maximum absolute atomic E-state index is 11.8. The Morgan fingerprint density at radius 2 is 1.93 bits per heavy atom. The quantitative estimate of drug-likeness (QED) is 0.633. The van der Waals surface area contributed by atoms with Gasteiger partial charge in [0.1, 0.15) is 0 Å². The van der Waals surface area contributed by atoms with Crippen LogP contribution in [0.5, 0.6) is 0 Å². The van der Waals surface area contributed by atoms with Gasteiger partial charge in [-0.1, -0.05) is 13.3 Å². The Labute approximate surface area is 91.1 Å². The second kappa shape index (κ2) is 5.85. The number of carboxylic acid groups (broad SMARTS) is 1. The Hall–Kier alpha value is -0.900. The van der Waals surface area contributed by atoms with Gasteiger partial charge in [-0.05, 0) is 27.2 Å². The zero-order chi connectivity index (χ0) is 12.1. The minimum Gasteiger partial charge on any atom is -0.480 e. The number of ketones is 1. The summed E-state index contributed by atoms with van der Waals surface area (Å²) < 4.78 is 0. The van der Waals surface area contributed by atoms with Gasteiger partial charge in [0, 0.05) is 12.5 Å². The number of carboxylic acids is 1. The third kappa shape index (κ3) is 4.00. The molecular formula is C11H21NO3. The van der Waals surface area contributed by atoms with Gasteiger partial charge in [-0.25, -0.2) is 4.79 Å². The molecule has 0 radical (unpaired) electrons. The van der Waals surface area contributed by atoms with E-state index in [9.17, 15) is 9.59 Å². The molecule has 0 aliphatic heterocycles. The number of hydrogen-bond donors (Lipinski definition) is 2. The van der Waals surface area contributed by atoms with Crippen molar-refractivity contribution < 1.29 is 14.7 Å². The van der Waals surface area contributed by atoms with Crippen LogP contribution in [0.15, 0.2) is 0 Å².